The number of alkyl halides is 6. The van der Waals surface area contributed by atoms with Gasteiger partial charge in [0.25, 0.3) is 6.43 Å². The molecule has 11 heteroatoms. The van der Waals surface area contributed by atoms with E-state index in [2.05, 4.69) is 4.98 Å². The first-order chi connectivity index (χ1) is 12.0. The number of rotatable bonds is 5. The molecule has 2 atom stereocenters. The summed E-state index contributed by atoms with van der Waals surface area (Å²) in [4.78, 5) is 2.93. The molecule has 0 aliphatic heterocycles. The molecule has 2 rings (SSSR count). The number of ether oxygens (including phenoxy) is 1. The maximum absolute atomic E-state index is 13.9. The number of halogens is 7. The topological polar surface area (TPSA) is 39.2 Å². The van der Waals surface area contributed by atoms with Crippen molar-refractivity contribution in [3.8, 4) is 11.6 Å². The maximum Gasteiger partial charge on any atom is 0.417 e. The van der Waals surface area contributed by atoms with E-state index in [9.17, 15) is 34.9 Å². The summed E-state index contributed by atoms with van der Waals surface area (Å²) in [6.45, 7) is 1.23. The molecule has 0 saturated carbocycles. The zero-order chi connectivity index (χ0) is 19.6. The van der Waals surface area contributed by atoms with E-state index in [4.69, 9.17) is 4.74 Å². The molecule has 0 amide bonds. The maximum atomic E-state index is 13.9. The van der Waals surface area contributed by atoms with Gasteiger partial charge < -0.3 is 4.74 Å². The molecule has 0 radical (unpaired) electrons. The summed E-state index contributed by atoms with van der Waals surface area (Å²) in [7, 11) is -2.79. The fourth-order valence-electron chi connectivity index (χ4n) is 1.86. The van der Waals surface area contributed by atoms with Gasteiger partial charge in [0, 0.05) is 23.2 Å². The van der Waals surface area contributed by atoms with E-state index in [0.717, 1.165) is 18.2 Å². The number of aryl methyl sites for hydroxylation is 1. The van der Waals surface area contributed by atoms with E-state index < -0.39 is 56.8 Å². The van der Waals surface area contributed by atoms with Gasteiger partial charge in [-0.3, -0.25) is 4.21 Å². The summed E-state index contributed by atoms with van der Waals surface area (Å²) in [6.07, 6.45) is -7.69. The Hall–Kier alpha value is -2.17. The van der Waals surface area contributed by atoms with Crippen molar-refractivity contribution in [3.05, 3.63) is 47.4 Å². The second-order valence-corrected chi connectivity index (χ2v) is 6.50. The third-order valence-corrected chi connectivity index (χ3v) is 4.62. The van der Waals surface area contributed by atoms with Crippen LogP contribution < -0.4 is 4.74 Å². The number of pyridine rings is 1. The summed E-state index contributed by atoms with van der Waals surface area (Å²) >= 11 is 0. The van der Waals surface area contributed by atoms with E-state index >= 15 is 0 Å². The SMILES string of the molecule is Cc1cc(F)c(Oc2ccc(C(F)(F)F)cn2)cc1S(=O)C(F)C(F)F. The van der Waals surface area contributed by atoms with Gasteiger partial charge in [-0.25, -0.2) is 22.5 Å². The molecule has 0 fully saturated rings. The van der Waals surface area contributed by atoms with Crippen LogP contribution in [0.2, 0.25) is 0 Å². The van der Waals surface area contributed by atoms with Crippen LogP contribution in [0, 0.1) is 12.7 Å². The first-order valence-corrected chi connectivity index (χ1v) is 8.06. The van der Waals surface area contributed by atoms with Crippen molar-refractivity contribution in [2.75, 3.05) is 0 Å². The molecule has 142 valence electrons. The highest BCUT2D eigenvalue weighted by Crippen LogP contribution is 2.32. The van der Waals surface area contributed by atoms with Gasteiger partial charge >= 0.3 is 6.18 Å². The molecule has 2 unspecified atom stereocenters. The Kier molecular flexibility index (Phi) is 5.89. The largest absolute Gasteiger partial charge is 0.436 e. The highest BCUT2D eigenvalue weighted by atomic mass is 32.2. The zero-order valence-corrected chi connectivity index (χ0v) is 13.7. The number of benzene rings is 1. The van der Waals surface area contributed by atoms with Crippen molar-refractivity contribution in [1.29, 1.82) is 0 Å². The Morgan fingerprint density at radius 2 is 1.81 bits per heavy atom. The lowest BCUT2D eigenvalue weighted by molar-refractivity contribution is -0.137. The van der Waals surface area contributed by atoms with Crippen molar-refractivity contribution < 1.29 is 39.7 Å². The second-order valence-electron chi connectivity index (χ2n) is 5.02. The minimum atomic E-state index is -4.63. The Balaban J connectivity index is 2.32. The average Bonchev–Trinajstić information content (AvgIpc) is 2.55. The molecule has 2 aromatic rings. The van der Waals surface area contributed by atoms with Crippen LogP contribution >= 0.6 is 0 Å². The first kappa shape index (κ1) is 20.1. The smallest absolute Gasteiger partial charge is 0.417 e. The normalized spacial score (nSPS) is 14.3. The monoisotopic (exact) mass is 401 g/mol. The van der Waals surface area contributed by atoms with E-state index in [0.29, 0.717) is 12.3 Å². The zero-order valence-electron chi connectivity index (χ0n) is 12.9. The molecule has 3 nitrogen and oxygen atoms in total. The Bertz CT molecular complexity index is 809. The van der Waals surface area contributed by atoms with Gasteiger partial charge in [-0.2, -0.15) is 13.2 Å². The van der Waals surface area contributed by atoms with Gasteiger partial charge in [0.1, 0.15) is 0 Å². The minimum Gasteiger partial charge on any atom is -0.436 e. The fourth-order valence-corrected chi connectivity index (χ4v) is 2.89. The lowest BCUT2D eigenvalue weighted by Gasteiger charge is -2.13. The van der Waals surface area contributed by atoms with Gasteiger partial charge in [-0.1, -0.05) is 0 Å². The Morgan fingerprint density at radius 3 is 2.31 bits per heavy atom. The highest BCUT2D eigenvalue weighted by Gasteiger charge is 2.31. The predicted molar refractivity (Wildman–Crippen MR) is 77.8 cm³/mol. The summed E-state index contributed by atoms with van der Waals surface area (Å²) in [5.41, 5.74) is -4.11. The molecule has 0 aliphatic rings. The van der Waals surface area contributed by atoms with E-state index in [1.54, 1.807) is 0 Å². The van der Waals surface area contributed by atoms with Crippen LogP contribution in [0.1, 0.15) is 11.1 Å². The standard InChI is InChI=1S/C15H10F7NO2S/c1-7-4-9(16)10(5-11(7)26(24)14(19)13(17)18)25-12-3-2-8(6-23-12)15(20,21)22/h2-6,13-14H,1H3. The molecule has 0 spiro atoms. The summed E-state index contributed by atoms with van der Waals surface area (Å²) in [6, 6.07) is 2.98. The quantitative estimate of drug-likeness (QED) is 0.662. The number of hydrogen-bond acceptors (Lipinski definition) is 3. The molecule has 1 aromatic carbocycles. The Morgan fingerprint density at radius 1 is 1.15 bits per heavy atom. The van der Waals surface area contributed by atoms with Crippen LogP contribution in [0.25, 0.3) is 0 Å². The van der Waals surface area contributed by atoms with Crippen molar-refractivity contribution in [2.45, 2.75) is 29.9 Å². The van der Waals surface area contributed by atoms with Crippen LogP contribution in [0.3, 0.4) is 0 Å². The fraction of sp³-hybridized carbons (Fsp3) is 0.267. The van der Waals surface area contributed by atoms with Crippen LogP contribution in [-0.2, 0) is 17.0 Å². The molecule has 1 aromatic heterocycles. The molecule has 0 saturated heterocycles. The number of aromatic nitrogens is 1. The van der Waals surface area contributed by atoms with Crippen molar-refractivity contribution >= 4 is 10.8 Å². The van der Waals surface area contributed by atoms with Gasteiger partial charge in [-0.15, -0.1) is 0 Å². The van der Waals surface area contributed by atoms with Crippen molar-refractivity contribution in [2.24, 2.45) is 0 Å². The number of nitrogens with zero attached hydrogens (tertiary/aromatic N) is 1. The minimum absolute atomic E-state index is 0.0585. The molecule has 26 heavy (non-hydrogen) atoms. The van der Waals surface area contributed by atoms with Crippen LogP contribution in [0.5, 0.6) is 11.6 Å². The van der Waals surface area contributed by atoms with E-state index in [1.165, 1.54) is 6.92 Å². The average molecular weight is 401 g/mol. The third kappa shape index (κ3) is 4.51. The lowest BCUT2D eigenvalue weighted by Crippen LogP contribution is -2.19. The molecule has 0 aliphatic carbocycles. The molecular weight excluding hydrogens is 391 g/mol. The molecule has 0 N–H and O–H groups in total. The van der Waals surface area contributed by atoms with Crippen LogP contribution in [0.4, 0.5) is 30.7 Å². The van der Waals surface area contributed by atoms with Gasteiger partial charge in [0.15, 0.2) is 11.6 Å². The van der Waals surface area contributed by atoms with Crippen molar-refractivity contribution in [1.82, 2.24) is 4.98 Å². The number of hydrogen-bond donors (Lipinski definition) is 0. The summed E-state index contributed by atoms with van der Waals surface area (Å²) in [5.74, 6) is -2.09. The van der Waals surface area contributed by atoms with E-state index in [-0.39, 0.29) is 5.56 Å². The van der Waals surface area contributed by atoms with Crippen LogP contribution in [0.15, 0.2) is 35.4 Å². The van der Waals surface area contributed by atoms with Crippen LogP contribution in [-0.4, -0.2) is 21.1 Å². The van der Waals surface area contributed by atoms with Gasteiger partial charge in [-0.05, 0) is 24.6 Å². The third-order valence-electron chi connectivity index (χ3n) is 3.13. The van der Waals surface area contributed by atoms with E-state index in [1.807, 2.05) is 0 Å². The summed E-state index contributed by atoms with van der Waals surface area (Å²) in [5, 5.41) is 0. The van der Waals surface area contributed by atoms with Gasteiger partial charge in [0.05, 0.1) is 16.4 Å². The van der Waals surface area contributed by atoms with Gasteiger partial charge in [0.2, 0.25) is 11.4 Å². The second kappa shape index (κ2) is 7.60. The molecular formula is C15H10F7NO2S. The Labute approximate surface area is 145 Å². The highest BCUT2D eigenvalue weighted by molar-refractivity contribution is 7.85. The predicted octanol–water partition coefficient (Wildman–Crippen LogP) is 5.01. The van der Waals surface area contributed by atoms with Crippen molar-refractivity contribution in [3.63, 3.8) is 0 Å². The molecule has 1 heterocycles. The lowest BCUT2D eigenvalue weighted by atomic mass is 10.2. The first-order valence-electron chi connectivity index (χ1n) is 6.84. The molecule has 0 bridgehead atoms. The summed E-state index contributed by atoms with van der Waals surface area (Å²) < 4.78 is 106.